The predicted molar refractivity (Wildman–Crippen MR) is 186 cm³/mol. The van der Waals surface area contributed by atoms with Crippen molar-refractivity contribution in [3.05, 3.63) is 35.9 Å². The Morgan fingerprint density at radius 1 is 0.755 bits per heavy atom. The summed E-state index contributed by atoms with van der Waals surface area (Å²) in [5.41, 5.74) is 0.821. The highest BCUT2D eigenvalue weighted by Gasteiger charge is 2.35. The van der Waals surface area contributed by atoms with Crippen molar-refractivity contribution in [3.63, 3.8) is 0 Å². The van der Waals surface area contributed by atoms with Gasteiger partial charge in [0.05, 0.1) is 6.42 Å². The number of amides is 5. The maximum Gasteiger partial charge on any atom is 0.408 e. The Balaban J connectivity index is 3.38. The summed E-state index contributed by atoms with van der Waals surface area (Å²) in [7, 11) is 0. The number of Topliss-reactive ketones (excluding diaryl/α,β-unsaturated/α-hetero) is 1. The molecular formula is C35H51N5O13. The standard InChI is InChI=1S/C35H51N5O13/c1-20(2)28(31(48)39-40(18-25(42)43)32(49)21(3)41)38-29(46)23(15-16-26(44)52-34(4,5)6)36-30(47)24(17-27(45)53-35(7,8)9)37-33(50)51-19-22-13-11-10-12-14-22/h10-14,20,23-24,28H,15-19H2,1-9H3,(H,36,47)(H,37,50)(H,38,46)(H,39,48)(H,42,43)/t23-,24-,28-/m0/s1. The van der Waals surface area contributed by atoms with Gasteiger partial charge in [-0.25, -0.2) is 9.80 Å². The molecule has 53 heavy (non-hydrogen) atoms. The number of hydrogen-bond donors (Lipinski definition) is 5. The van der Waals surface area contributed by atoms with Crippen molar-refractivity contribution in [2.45, 2.75) is 118 Å². The predicted octanol–water partition coefficient (Wildman–Crippen LogP) is 1.29. The van der Waals surface area contributed by atoms with Crippen LogP contribution in [0.4, 0.5) is 4.79 Å². The third-order valence-corrected chi connectivity index (χ3v) is 6.63. The fourth-order valence-electron chi connectivity index (χ4n) is 4.34. The summed E-state index contributed by atoms with van der Waals surface area (Å²) in [5, 5.41) is 16.6. The number of esters is 2. The molecule has 0 saturated carbocycles. The van der Waals surface area contributed by atoms with Gasteiger partial charge in [0.25, 0.3) is 5.91 Å². The van der Waals surface area contributed by atoms with E-state index in [1.165, 1.54) is 13.8 Å². The first-order valence-corrected chi connectivity index (χ1v) is 16.7. The number of hydrogen-bond acceptors (Lipinski definition) is 12. The smallest absolute Gasteiger partial charge is 0.408 e. The summed E-state index contributed by atoms with van der Waals surface area (Å²) in [6.07, 6.45) is -2.55. The summed E-state index contributed by atoms with van der Waals surface area (Å²) >= 11 is 0. The van der Waals surface area contributed by atoms with Crippen molar-refractivity contribution < 1.29 is 62.5 Å². The van der Waals surface area contributed by atoms with Crippen molar-refractivity contribution in [3.8, 4) is 0 Å². The molecule has 0 aromatic heterocycles. The minimum atomic E-state index is -1.64. The quantitative estimate of drug-likeness (QED) is 0.0653. The maximum atomic E-state index is 13.7. The van der Waals surface area contributed by atoms with Gasteiger partial charge in [-0.15, -0.1) is 0 Å². The molecule has 1 aromatic rings. The van der Waals surface area contributed by atoms with Crippen LogP contribution in [0, 0.1) is 5.92 Å². The molecule has 1 aromatic carbocycles. The molecule has 0 fully saturated rings. The Morgan fingerprint density at radius 2 is 1.30 bits per heavy atom. The molecule has 18 nitrogen and oxygen atoms in total. The molecule has 0 heterocycles. The Hall–Kier alpha value is -5.55. The van der Waals surface area contributed by atoms with Gasteiger partial charge in [-0.05, 0) is 59.4 Å². The van der Waals surface area contributed by atoms with E-state index in [4.69, 9.17) is 14.2 Å². The lowest BCUT2D eigenvalue weighted by molar-refractivity contribution is -0.156. The molecule has 1 rings (SSSR count). The third kappa shape index (κ3) is 18.5. The van der Waals surface area contributed by atoms with E-state index in [2.05, 4.69) is 16.0 Å². The highest BCUT2D eigenvalue weighted by atomic mass is 16.6. The number of alkyl carbamates (subject to hydrolysis) is 1. The first-order valence-electron chi connectivity index (χ1n) is 16.7. The lowest BCUT2D eigenvalue weighted by Gasteiger charge is -2.29. The van der Waals surface area contributed by atoms with Crippen molar-refractivity contribution >= 4 is 53.4 Å². The van der Waals surface area contributed by atoms with Crippen LogP contribution in [0.1, 0.15) is 87.1 Å². The minimum Gasteiger partial charge on any atom is -0.480 e. The lowest BCUT2D eigenvalue weighted by Crippen LogP contribution is -2.60. The second-order valence-corrected chi connectivity index (χ2v) is 14.3. The van der Waals surface area contributed by atoms with E-state index in [1.54, 1.807) is 71.9 Å². The molecule has 0 radical (unpaired) electrons. The van der Waals surface area contributed by atoms with E-state index >= 15 is 0 Å². The van der Waals surface area contributed by atoms with Crippen molar-refractivity contribution in [2.75, 3.05) is 6.54 Å². The SMILES string of the molecule is CC(=O)C(=O)N(CC(=O)O)NC(=O)[C@@H](NC(=O)[C@H](CCC(=O)OC(C)(C)C)NC(=O)[C@H](CC(=O)OC(C)(C)C)NC(=O)OCc1ccccc1)C(C)C. The number of ether oxygens (including phenoxy) is 3. The number of aliphatic carboxylic acids is 1. The van der Waals surface area contributed by atoms with Gasteiger partial charge >= 0.3 is 29.9 Å². The number of benzene rings is 1. The largest absolute Gasteiger partial charge is 0.480 e. The van der Waals surface area contributed by atoms with Crippen LogP contribution in [0.5, 0.6) is 0 Å². The van der Waals surface area contributed by atoms with E-state index in [0.29, 0.717) is 5.56 Å². The number of carbonyl (C=O) groups is 9. The van der Waals surface area contributed by atoms with E-state index in [-0.39, 0.29) is 18.0 Å². The Kier molecular flexibility index (Phi) is 17.6. The molecule has 0 aliphatic heterocycles. The molecule has 3 atom stereocenters. The third-order valence-electron chi connectivity index (χ3n) is 6.63. The molecule has 0 aliphatic rings. The second-order valence-electron chi connectivity index (χ2n) is 14.3. The number of rotatable bonds is 17. The number of carbonyl (C=O) groups excluding carboxylic acids is 8. The van der Waals surface area contributed by atoms with Crippen molar-refractivity contribution in [1.82, 2.24) is 26.4 Å². The van der Waals surface area contributed by atoms with Gasteiger partial charge < -0.3 is 35.3 Å². The Labute approximate surface area is 308 Å². The first-order chi connectivity index (χ1) is 24.4. The molecule has 0 unspecified atom stereocenters. The van der Waals surface area contributed by atoms with Gasteiger partial charge in [-0.1, -0.05) is 44.2 Å². The number of carboxylic acid groups (broad SMARTS) is 1. The molecule has 18 heteroatoms. The monoisotopic (exact) mass is 749 g/mol. The van der Waals surface area contributed by atoms with Gasteiger partial charge in [0.15, 0.2) is 0 Å². The lowest BCUT2D eigenvalue weighted by atomic mass is 10.0. The van der Waals surface area contributed by atoms with E-state index < -0.39 is 108 Å². The zero-order chi connectivity index (χ0) is 40.7. The van der Waals surface area contributed by atoms with Crippen molar-refractivity contribution in [1.29, 1.82) is 0 Å². The van der Waals surface area contributed by atoms with Crippen LogP contribution in [-0.2, 0) is 59.2 Å². The summed E-state index contributed by atoms with van der Waals surface area (Å²) < 4.78 is 15.8. The van der Waals surface area contributed by atoms with Crippen LogP contribution < -0.4 is 21.4 Å². The van der Waals surface area contributed by atoms with Crippen LogP contribution in [-0.4, -0.2) is 99.4 Å². The number of nitrogens with zero attached hydrogens (tertiary/aromatic N) is 1. The summed E-state index contributed by atoms with van der Waals surface area (Å²) in [6, 6.07) is 3.91. The fourth-order valence-corrected chi connectivity index (χ4v) is 4.34. The molecular weight excluding hydrogens is 698 g/mol. The van der Waals surface area contributed by atoms with Crippen LogP contribution in [0.2, 0.25) is 0 Å². The van der Waals surface area contributed by atoms with Gasteiger partial charge in [-0.3, -0.25) is 43.8 Å². The average Bonchev–Trinajstić information content (AvgIpc) is 3.01. The van der Waals surface area contributed by atoms with Gasteiger partial charge in [0.2, 0.25) is 17.6 Å². The number of ketones is 1. The Morgan fingerprint density at radius 3 is 1.81 bits per heavy atom. The van der Waals surface area contributed by atoms with Crippen LogP contribution in [0.15, 0.2) is 30.3 Å². The molecule has 5 N–H and O–H groups in total. The van der Waals surface area contributed by atoms with Crippen LogP contribution in [0.3, 0.4) is 0 Å². The Bertz CT molecular complexity index is 1500. The van der Waals surface area contributed by atoms with E-state index in [0.717, 1.165) is 6.92 Å². The molecule has 0 aliphatic carbocycles. The normalized spacial score (nSPS) is 12.9. The highest BCUT2D eigenvalue weighted by Crippen LogP contribution is 2.13. The van der Waals surface area contributed by atoms with E-state index in [1.807, 2.05) is 5.43 Å². The second kappa shape index (κ2) is 20.5. The molecule has 0 bridgehead atoms. The zero-order valence-electron chi connectivity index (χ0n) is 31.5. The first kappa shape index (κ1) is 45.5. The fraction of sp³-hybridized carbons (Fsp3) is 0.571. The topological polar surface area (TPSA) is 253 Å². The van der Waals surface area contributed by atoms with Gasteiger partial charge in [0, 0.05) is 13.3 Å². The summed E-state index contributed by atoms with van der Waals surface area (Å²) in [6.45, 7) is 12.3. The summed E-state index contributed by atoms with van der Waals surface area (Å²) in [5.74, 6) is -9.41. The highest BCUT2D eigenvalue weighted by molar-refractivity contribution is 6.35. The zero-order valence-corrected chi connectivity index (χ0v) is 31.5. The van der Waals surface area contributed by atoms with Crippen LogP contribution in [0.25, 0.3) is 0 Å². The van der Waals surface area contributed by atoms with Gasteiger partial charge in [0.1, 0.15) is 42.5 Å². The van der Waals surface area contributed by atoms with Crippen LogP contribution >= 0.6 is 0 Å². The minimum absolute atomic E-state index is 0.172. The molecule has 0 saturated heterocycles. The molecule has 0 spiro atoms. The van der Waals surface area contributed by atoms with Gasteiger partial charge in [-0.2, -0.15) is 0 Å². The molecule has 5 amide bonds. The van der Waals surface area contributed by atoms with Crippen molar-refractivity contribution in [2.24, 2.45) is 5.92 Å². The average molecular weight is 750 g/mol. The maximum absolute atomic E-state index is 13.7. The number of hydrazine groups is 1. The van der Waals surface area contributed by atoms with E-state index in [9.17, 15) is 48.3 Å². The number of nitrogens with one attached hydrogen (secondary N) is 4. The summed E-state index contributed by atoms with van der Waals surface area (Å²) in [4.78, 5) is 114. The number of carboxylic acids is 1. The molecule has 294 valence electrons.